The molecule has 0 saturated carbocycles. The van der Waals surface area contributed by atoms with Gasteiger partial charge in [-0.3, -0.25) is 9.78 Å². The molecule has 2 aromatic rings. The van der Waals surface area contributed by atoms with E-state index in [9.17, 15) is 4.79 Å². The van der Waals surface area contributed by atoms with Crippen molar-refractivity contribution in [2.24, 2.45) is 0 Å². The van der Waals surface area contributed by atoms with Crippen molar-refractivity contribution in [3.63, 3.8) is 0 Å². The molecule has 0 radical (unpaired) electrons. The number of aromatic nitrogens is 2. The topological polar surface area (TPSA) is 68.5 Å². The van der Waals surface area contributed by atoms with Crippen LogP contribution in [0.25, 0.3) is 0 Å². The molecule has 2 aliphatic rings. The fourth-order valence-corrected chi connectivity index (χ4v) is 4.79. The van der Waals surface area contributed by atoms with E-state index in [0.29, 0.717) is 18.1 Å². The molecule has 0 N–H and O–H groups in total. The normalized spacial score (nSPS) is 21.9. The summed E-state index contributed by atoms with van der Waals surface area (Å²) >= 11 is 1.91. The summed E-state index contributed by atoms with van der Waals surface area (Å²) in [4.78, 5) is 18.4. The molecular weight excluding hydrogens is 326 g/mol. The predicted molar refractivity (Wildman–Crippen MR) is 89.8 cm³/mol. The molecule has 1 amide bonds. The number of nitrogens with zero attached hydrogens (tertiary/aromatic N) is 3. The maximum Gasteiger partial charge on any atom is 0.276 e. The van der Waals surface area contributed by atoms with Crippen LogP contribution >= 0.6 is 11.8 Å². The molecule has 2 aliphatic heterocycles. The Hall–Kier alpha value is -1.86. The third-order valence-electron chi connectivity index (χ3n) is 4.46. The Labute approximate surface area is 144 Å². The first-order chi connectivity index (χ1) is 11.6. The smallest absolute Gasteiger partial charge is 0.276 e. The van der Waals surface area contributed by atoms with Crippen LogP contribution in [0.5, 0.6) is 0 Å². The lowest BCUT2D eigenvalue weighted by Gasteiger charge is -2.47. The first kappa shape index (κ1) is 15.7. The van der Waals surface area contributed by atoms with Crippen LogP contribution in [0.3, 0.4) is 0 Å². The highest BCUT2D eigenvalue weighted by Crippen LogP contribution is 2.46. The van der Waals surface area contributed by atoms with Gasteiger partial charge in [0, 0.05) is 31.1 Å². The van der Waals surface area contributed by atoms with Crippen LogP contribution in [0.4, 0.5) is 0 Å². The zero-order valence-corrected chi connectivity index (χ0v) is 14.3. The molecular formula is C17H19N3O3S. The number of amides is 1. The van der Waals surface area contributed by atoms with Crippen molar-refractivity contribution in [2.45, 2.75) is 30.8 Å². The number of pyridine rings is 1. The minimum Gasteiger partial charge on any atom is -0.371 e. The molecule has 2 aromatic heterocycles. The molecule has 2 saturated heterocycles. The van der Waals surface area contributed by atoms with Crippen LogP contribution in [0, 0.1) is 6.92 Å². The van der Waals surface area contributed by atoms with E-state index < -0.39 is 0 Å². The molecule has 2 fully saturated rings. The van der Waals surface area contributed by atoms with Gasteiger partial charge in [0.2, 0.25) is 0 Å². The fraction of sp³-hybridized carbons (Fsp3) is 0.471. The highest BCUT2D eigenvalue weighted by molar-refractivity contribution is 8.01. The number of hydrogen-bond donors (Lipinski definition) is 0. The molecule has 1 spiro atoms. The van der Waals surface area contributed by atoms with Crippen LogP contribution in [0.15, 0.2) is 35.0 Å². The third kappa shape index (κ3) is 3.06. The minimum absolute atomic E-state index is 0.0454. The molecule has 6 nitrogen and oxygen atoms in total. The number of rotatable bonds is 4. The van der Waals surface area contributed by atoms with E-state index in [1.54, 1.807) is 19.2 Å². The van der Waals surface area contributed by atoms with E-state index in [0.717, 1.165) is 31.0 Å². The number of likely N-dealkylation sites (tertiary alicyclic amines) is 1. The van der Waals surface area contributed by atoms with Gasteiger partial charge in [0.25, 0.3) is 5.91 Å². The monoisotopic (exact) mass is 345 g/mol. The van der Waals surface area contributed by atoms with Crippen molar-refractivity contribution < 1.29 is 14.1 Å². The summed E-state index contributed by atoms with van der Waals surface area (Å²) in [6.45, 7) is 3.85. The Balaban J connectivity index is 1.28. The van der Waals surface area contributed by atoms with E-state index in [4.69, 9.17) is 9.26 Å². The quantitative estimate of drug-likeness (QED) is 0.847. The zero-order valence-electron chi connectivity index (χ0n) is 13.5. The Morgan fingerprint density at radius 3 is 3.08 bits per heavy atom. The van der Waals surface area contributed by atoms with Crippen LogP contribution in [-0.2, 0) is 11.3 Å². The number of hydrogen-bond acceptors (Lipinski definition) is 6. The second kappa shape index (κ2) is 6.22. The van der Waals surface area contributed by atoms with Gasteiger partial charge in [-0.15, -0.1) is 11.8 Å². The SMILES string of the molecule is Cc1cc(C(=O)N2CC3(C[C@@H](OCc4ccccn4)CS3)C2)no1. The number of aryl methyl sites for hydroxylation is 1. The van der Waals surface area contributed by atoms with Gasteiger partial charge in [0.1, 0.15) is 5.76 Å². The zero-order chi connectivity index (χ0) is 16.6. The molecule has 0 bridgehead atoms. The van der Waals surface area contributed by atoms with E-state index in [1.165, 1.54) is 0 Å². The number of carbonyl (C=O) groups excluding carboxylic acids is 1. The maximum absolute atomic E-state index is 12.3. The molecule has 7 heteroatoms. The van der Waals surface area contributed by atoms with Crippen LogP contribution < -0.4 is 0 Å². The van der Waals surface area contributed by atoms with Crippen LogP contribution in [0.1, 0.15) is 28.4 Å². The summed E-state index contributed by atoms with van der Waals surface area (Å²) in [5, 5.41) is 3.81. The minimum atomic E-state index is -0.0454. The van der Waals surface area contributed by atoms with Crippen molar-refractivity contribution in [1.82, 2.24) is 15.0 Å². The van der Waals surface area contributed by atoms with Crippen molar-refractivity contribution in [3.05, 3.63) is 47.6 Å². The Bertz CT molecular complexity index is 728. The van der Waals surface area contributed by atoms with E-state index in [1.807, 2.05) is 34.9 Å². The molecule has 0 unspecified atom stereocenters. The standard InChI is InChI=1S/C17H19N3O3S/c1-12-6-15(19-23-12)16(21)20-10-17(11-20)7-14(9-24-17)22-8-13-4-2-3-5-18-13/h2-6,14H,7-11H2,1H3/t14-/m1/s1. The van der Waals surface area contributed by atoms with Crippen molar-refractivity contribution >= 4 is 17.7 Å². The lowest BCUT2D eigenvalue weighted by molar-refractivity contribution is 0.0241. The molecule has 24 heavy (non-hydrogen) atoms. The van der Waals surface area contributed by atoms with Gasteiger partial charge in [0.15, 0.2) is 5.69 Å². The van der Waals surface area contributed by atoms with Gasteiger partial charge < -0.3 is 14.2 Å². The third-order valence-corrected chi connectivity index (χ3v) is 6.04. The average molecular weight is 345 g/mol. The largest absolute Gasteiger partial charge is 0.371 e. The van der Waals surface area contributed by atoms with Gasteiger partial charge >= 0.3 is 0 Å². The van der Waals surface area contributed by atoms with Gasteiger partial charge in [-0.05, 0) is 25.5 Å². The highest BCUT2D eigenvalue weighted by Gasteiger charge is 2.51. The first-order valence-corrected chi connectivity index (χ1v) is 9.00. The average Bonchev–Trinajstić information content (AvgIpc) is 3.18. The van der Waals surface area contributed by atoms with Crippen LogP contribution in [-0.4, -0.2) is 50.6 Å². The lowest BCUT2D eigenvalue weighted by Crippen LogP contribution is -2.60. The van der Waals surface area contributed by atoms with Crippen molar-refractivity contribution in [2.75, 3.05) is 18.8 Å². The number of ether oxygens (including phenoxy) is 1. The maximum atomic E-state index is 12.3. The summed E-state index contributed by atoms with van der Waals surface area (Å²) < 4.78 is 11.1. The second-order valence-electron chi connectivity index (χ2n) is 6.44. The number of carbonyl (C=O) groups is 1. The Morgan fingerprint density at radius 1 is 1.50 bits per heavy atom. The second-order valence-corrected chi connectivity index (χ2v) is 7.92. The highest BCUT2D eigenvalue weighted by atomic mass is 32.2. The Kier molecular flexibility index (Phi) is 4.05. The Morgan fingerprint density at radius 2 is 2.38 bits per heavy atom. The van der Waals surface area contributed by atoms with E-state index in [-0.39, 0.29) is 16.8 Å². The first-order valence-electron chi connectivity index (χ1n) is 8.02. The molecule has 0 aliphatic carbocycles. The molecule has 0 aromatic carbocycles. The summed E-state index contributed by atoms with van der Waals surface area (Å²) in [5.41, 5.74) is 1.35. The predicted octanol–water partition coefficient (Wildman–Crippen LogP) is 2.29. The van der Waals surface area contributed by atoms with Gasteiger partial charge in [-0.2, -0.15) is 0 Å². The van der Waals surface area contributed by atoms with E-state index in [2.05, 4.69) is 10.1 Å². The van der Waals surface area contributed by atoms with Crippen LogP contribution in [0.2, 0.25) is 0 Å². The molecule has 126 valence electrons. The molecule has 4 rings (SSSR count). The van der Waals surface area contributed by atoms with E-state index >= 15 is 0 Å². The lowest BCUT2D eigenvalue weighted by atomic mass is 9.92. The summed E-state index contributed by atoms with van der Waals surface area (Å²) in [6, 6.07) is 7.53. The summed E-state index contributed by atoms with van der Waals surface area (Å²) in [5.74, 6) is 1.58. The summed E-state index contributed by atoms with van der Waals surface area (Å²) in [7, 11) is 0. The molecule has 4 heterocycles. The summed E-state index contributed by atoms with van der Waals surface area (Å²) in [6.07, 6.45) is 2.99. The van der Waals surface area contributed by atoms with Crippen molar-refractivity contribution in [1.29, 1.82) is 0 Å². The number of thioether (sulfide) groups is 1. The van der Waals surface area contributed by atoms with Gasteiger partial charge in [0.05, 0.1) is 23.2 Å². The van der Waals surface area contributed by atoms with Gasteiger partial charge in [-0.1, -0.05) is 11.2 Å². The fourth-order valence-electron chi connectivity index (χ4n) is 3.24. The molecule has 1 atom stereocenters. The van der Waals surface area contributed by atoms with Crippen molar-refractivity contribution in [3.8, 4) is 0 Å². The van der Waals surface area contributed by atoms with Gasteiger partial charge in [-0.25, -0.2) is 0 Å².